The van der Waals surface area contributed by atoms with Crippen LogP contribution in [0.15, 0.2) is 78.6 Å². The van der Waals surface area contributed by atoms with Gasteiger partial charge in [0, 0.05) is 22.8 Å². The number of ether oxygens (including phenoxy) is 4. The summed E-state index contributed by atoms with van der Waals surface area (Å²) in [6.07, 6.45) is 1.12. The molecule has 0 spiro atoms. The molecular weight excluding hydrogens is 444 g/mol. The summed E-state index contributed by atoms with van der Waals surface area (Å²) >= 11 is 0. The van der Waals surface area contributed by atoms with E-state index in [-0.39, 0.29) is 6.04 Å². The average molecular weight is 469 g/mol. The monoisotopic (exact) mass is 468 g/mol. The van der Waals surface area contributed by atoms with Gasteiger partial charge in [0.15, 0.2) is 6.10 Å². The second-order valence-corrected chi connectivity index (χ2v) is 8.26. The molecule has 6 rings (SSSR count). The van der Waals surface area contributed by atoms with Gasteiger partial charge in [0.25, 0.3) is 0 Å². The van der Waals surface area contributed by atoms with E-state index in [2.05, 4.69) is 21.5 Å². The van der Waals surface area contributed by atoms with Crippen LogP contribution in [-0.2, 0) is 0 Å². The topological polar surface area (TPSA) is 79.7 Å². The fraction of sp³-hybridized carbons (Fsp3) is 0.185. The summed E-state index contributed by atoms with van der Waals surface area (Å²) in [7, 11) is 4.95. The third-order valence-corrected chi connectivity index (χ3v) is 6.48. The average Bonchev–Trinajstić information content (AvgIpc) is 3.39. The number of para-hydroxylation sites is 1. The number of anilines is 1. The van der Waals surface area contributed by atoms with Crippen molar-refractivity contribution in [1.82, 2.24) is 14.8 Å². The fourth-order valence-corrected chi connectivity index (χ4v) is 4.82. The van der Waals surface area contributed by atoms with E-state index in [1.54, 1.807) is 27.7 Å². The van der Waals surface area contributed by atoms with Gasteiger partial charge >= 0.3 is 0 Å². The molecule has 8 nitrogen and oxygen atoms in total. The van der Waals surface area contributed by atoms with Gasteiger partial charge in [-0.25, -0.2) is 4.68 Å². The molecule has 0 aliphatic carbocycles. The Hall–Kier alpha value is -4.46. The molecule has 3 heterocycles. The van der Waals surface area contributed by atoms with E-state index in [0.717, 1.165) is 39.5 Å². The van der Waals surface area contributed by atoms with Crippen molar-refractivity contribution in [2.75, 3.05) is 26.6 Å². The summed E-state index contributed by atoms with van der Waals surface area (Å²) in [5.41, 5.74) is 4.86. The summed E-state index contributed by atoms with van der Waals surface area (Å²) < 4.78 is 25.2. The first-order chi connectivity index (χ1) is 17.2. The molecular formula is C27H24N4O4. The van der Waals surface area contributed by atoms with Gasteiger partial charge in [-0.3, -0.25) is 0 Å². The lowest BCUT2D eigenvalue weighted by Crippen LogP contribution is -2.32. The van der Waals surface area contributed by atoms with Crippen LogP contribution < -0.4 is 24.3 Å². The second kappa shape index (κ2) is 8.39. The zero-order chi connectivity index (χ0) is 23.9. The number of benzene rings is 3. The van der Waals surface area contributed by atoms with Crippen LogP contribution in [0.5, 0.6) is 23.0 Å². The third kappa shape index (κ3) is 3.37. The standard InChI is InChI=1S/C27H24N4O4/c1-32-17-10-8-16(9-11-17)25-23-24(30-27-28-15-29-31(25)27)19-6-4-5-7-21(19)35-26(23)20-13-12-18(33-2)14-22(20)34-3/h4-15,25-26H,1-3H3,(H,28,29,30)/t25-,26-/m0/s1. The van der Waals surface area contributed by atoms with Gasteiger partial charge < -0.3 is 24.3 Å². The van der Waals surface area contributed by atoms with E-state index in [1.165, 1.54) is 0 Å². The number of fused-ring (bicyclic) bond motifs is 3. The summed E-state index contributed by atoms with van der Waals surface area (Å²) in [5, 5.41) is 8.09. The van der Waals surface area contributed by atoms with Crippen LogP contribution in [0.4, 0.5) is 5.95 Å². The van der Waals surface area contributed by atoms with Gasteiger partial charge in [-0.05, 0) is 42.0 Å². The molecule has 0 saturated carbocycles. The van der Waals surface area contributed by atoms with Crippen LogP contribution in [0.3, 0.4) is 0 Å². The lowest BCUT2D eigenvalue weighted by molar-refractivity contribution is 0.217. The van der Waals surface area contributed by atoms with E-state index < -0.39 is 6.10 Å². The number of nitrogens with one attached hydrogen (secondary N) is 1. The van der Waals surface area contributed by atoms with Crippen molar-refractivity contribution < 1.29 is 18.9 Å². The summed E-state index contributed by atoms with van der Waals surface area (Å²) in [4.78, 5) is 4.48. The molecule has 35 heavy (non-hydrogen) atoms. The number of rotatable bonds is 5. The van der Waals surface area contributed by atoms with Crippen LogP contribution in [0.2, 0.25) is 0 Å². The summed E-state index contributed by atoms with van der Waals surface area (Å²) in [5.74, 6) is 3.63. The van der Waals surface area contributed by atoms with Crippen LogP contribution in [0.25, 0.3) is 5.70 Å². The van der Waals surface area contributed by atoms with Crippen molar-refractivity contribution >= 4 is 11.6 Å². The molecule has 8 heteroatoms. The number of nitrogens with zero attached hydrogens (tertiary/aromatic N) is 3. The van der Waals surface area contributed by atoms with E-state index >= 15 is 0 Å². The number of aromatic nitrogens is 3. The van der Waals surface area contributed by atoms with Crippen molar-refractivity contribution in [2.24, 2.45) is 0 Å². The Morgan fingerprint density at radius 3 is 2.43 bits per heavy atom. The molecule has 2 aliphatic rings. The van der Waals surface area contributed by atoms with Crippen molar-refractivity contribution in [3.05, 3.63) is 95.3 Å². The molecule has 1 aromatic heterocycles. The maximum Gasteiger partial charge on any atom is 0.226 e. The maximum absolute atomic E-state index is 6.69. The van der Waals surface area contributed by atoms with Crippen LogP contribution >= 0.6 is 0 Å². The lowest BCUT2D eigenvalue weighted by atomic mass is 9.84. The summed E-state index contributed by atoms with van der Waals surface area (Å²) in [6, 6.07) is 21.5. The van der Waals surface area contributed by atoms with E-state index in [1.807, 2.05) is 65.3 Å². The van der Waals surface area contributed by atoms with Gasteiger partial charge in [-0.1, -0.05) is 24.3 Å². The predicted molar refractivity (Wildman–Crippen MR) is 131 cm³/mol. The first-order valence-electron chi connectivity index (χ1n) is 11.2. The van der Waals surface area contributed by atoms with Crippen LogP contribution in [-0.4, -0.2) is 36.1 Å². The second-order valence-electron chi connectivity index (χ2n) is 8.26. The normalized spacial score (nSPS) is 17.9. The highest BCUT2D eigenvalue weighted by atomic mass is 16.5. The molecule has 1 N–H and O–H groups in total. The first kappa shape index (κ1) is 21.1. The highest BCUT2D eigenvalue weighted by molar-refractivity contribution is 5.85. The largest absolute Gasteiger partial charge is 0.497 e. The molecule has 3 aromatic carbocycles. The minimum atomic E-state index is -0.447. The van der Waals surface area contributed by atoms with E-state index in [0.29, 0.717) is 17.4 Å². The molecule has 0 bridgehead atoms. The molecule has 176 valence electrons. The highest BCUT2D eigenvalue weighted by Crippen LogP contribution is 2.52. The maximum atomic E-state index is 6.69. The molecule has 0 radical (unpaired) electrons. The molecule has 2 atom stereocenters. The number of methoxy groups -OCH3 is 3. The minimum absolute atomic E-state index is 0.264. The number of hydrogen-bond acceptors (Lipinski definition) is 7. The van der Waals surface area contributed by atoms with Gasteiger partial charge in [0.1, 0.15) is 35.4 Å². The van der Waals surface area contributed by atoms with E-state index in [9.17, 15) is 0 Å². The minimum Gasteiger partial charge on any atom is -0.497 e. The number of hydrogen-bond donors (Lipinski definition) is 1. The Labute approximate surface area is 202 Å². The quantitative estimate of drug-likeness (QED) is 0.448. The first-order valence-corrected chi connectivity index (χ1v) is 11.2. The van der Waals surface area contributed by atoms with Crippen molar-refractivity contribution in [1.29, 1.82) is 0 Å². The zero-order valence-corrected chi connectivity index (χ0v) is 19.6. The molecule has 4 aromatic rings. The molecule has 0 fully saturated rings. The lowest BCUT2D eigenvalue weighted by Gasteiger charge is -2.39. The van der Waals surface area contributed by atoms with Crippen molar-refractivity contribution in [3.8, 4) is 23.0 Å². The van der Waals surface area contributed by atoms with Gasteiger partial charge in [-0.2, -0.15) is 10.1 Å². The Kier molecular flexibility index (Phi) is 5.06. The summed E-state index contributed by atoms with van der Waals surface area (Å²) in [6.45, 7) is 0. The third-order valence-electron chi connectivity index (χ3n) is 6.48. The van der Waals surface area contributed by atoms with Gasteiger partial charge in [0.05, 0.1) is 27.0 Å². The Morgan fingerprint density at radius 2 is 1.66 bits per heavy atom. The predicted octanol–water partition coefficient (Wildman–Crippen LogP) is 4.86. The van der Waals surface area contributed by atoms with Crippen LogP contribution in [0.1, 0.15) is 28.8 Å². The Balaban J connectivity index is 1.60. The smallest absolute Gasteiger partial charge is 0.226 e. The van der Waals surface area contributed by atoms with Crippen molar-refractivity contribution in [2.45, 2.75) is 12.1 Å². The van der Waals surface area contributed by atoms with Gasteiger partial charge in [-0.15, -0.1) is 0 Å². The zero-order valence-electron chi connectivity index (χ0n) is 19.6. The molecule has 0 amide bonds. The van der Waals surface area contributed by atoms with E-state index in [4.69, 9.17) is 18.9 Å². The van der Waals surface area contributed by atoms with Gasteiger partial charge in [0.2, 0.25) is 5.95 Å². The highest BCUT2D eigenvalue weighted by Gasteiger charge is 2.41. The van der Waals surface area contributed by atoms with Crippen molar-refractivity contribution in [3.63, 3.8) is 0 Å². The molecule has 2 aliphatic heterocycles. The fourth-order valence-electron chi connectivity index (χ4n) is 4.82. The molecule has 0 saturated heterocycles. The Bertz CT molecular complexity index is 1430. The van der Waals surface area contributed by atoms with Crippen LogP contribution in [0, 0.1) is 0 Å². The molecule has 0 unspecified atom stereocenters. The SMILES string of the molecule is COc1ccc([C@H]2C3=C(Nc4ncnn42)c2ccccc2O[C@H]3c2ccc(OC)cc2OC)cc1. The Morgan fingerprint density at radius 1 is 0.886 bits per heavy atom.